The number of fused-ring (bicyclic) bond motifs is 1. The van der Waals surface area contributed by atoms with Crippen molar-refractivity contribution in [3.8, 4) is 17.2 Å². The molecule has 0 saturated carbocycles. The fraction of sp³-hybridized carbons (Fsp3) is 0.300. The van der Waals surface area contributed by atoms with Gasteiger partial charge >= 0.3 is 0 Å². The van der Waals surface area contributed by atoms with Crippen molar-refractivity contribution in [2.75, 3.05) is 20.3 Å². The van der Waals surface area contributed by atoms with Crippen LogP contribution in [-0.4, -0.2) is 30.4 Å². The number of hydrogen-bond donors (Lipinski definition) is 3. The van der Waals surface area contributed by atoms with Crippen molar-refractivity contribution in [1.82, 2.24) is 10.3 Å². The van der Waals surface area contributed by atoms with E-state index >= 15 is 0 Å². The first-order chi connectivity index (χ1) is 12.2. The average Bonchev–Trinajstić information content (AvgIpc) is 3.03. The molecule has 2 aromatic carbocycles. The van der Waals surface area contributed by atoms with E-state index in [0.717, 1.165) is 36.3 Å². The van der Waals surface area contributed by atoms with Crippen LogP contribution < -0.4 is 14.8 Å². The van der Waals surface area contributed by atoms with Gasteiger partial charge in [-0.05, 0) is 61.3 Å². The number of rotatable bonds is 8. The summed E-state index contributed by atoms with van der Waals surface area (Å²) >= 11 is 0. The van der Waals surface area contributed by atoms with Gasteiger partial charge in [-0.2, -0.15) is 0 Å². The first kappa shape index (κ1) is 17.2. The minimum Gasteiger partial charge on any atom is -0.504 e. The molecule has 3 aromatic rings. The number of phenolic OH excluding ortho intramolecular Hbond substituents is 1. The minimum absolute atomic E-state index is 0.179. The molecule has 0 amide bonds. The molecule has 0 fully saturated rings. The molecule has 0 unspecified atom stereocenters. The lowest BCUT2D eigenvalue weighted by Gasteiger charge is -2.09. The van der Waals surface area contributed by atoms with Gasteiger partial charge in [0.1, 0.15) is 5.75 Å². The maximum absolute atomic E-state index is 9.75. The summed E-state index contributed by atoms with van der Waals surface area (Å²) in [6.45, 7) is 4.02. The van der Waals surface area contributed by atoms with E-state index in [9.17, 15) is 5.11 Å². The molecule has 5 heteroatoms. The molecule has 0 radical (unpaired) electrons. The highest BCUT2D eigenvalue weighted by Crippen LogP contribution is 2.27. The summed E-state index contributed by atoms with van der Waals surface area (Å²) in [5.74, 6) is 1.58. The fourth-order valence-electron chi connectivity index (χ4n) is 2.89. The number of aromatic hydroxyl groups is 1. The lowest BCUT2D eigenvalue weighted by Crippen LogP contribution is -2.16. The van der Waals surface area contributed by atoms with E-state index in [-0.39, 0.29) is 5.75 Å². The normalized spacial score (nSPS) is 11.0. The van der Waals surface area contributed by atoms with Gasteiger partial charge in [-0.15, -0.1) is 0 Å². The first-order valence-electron chi connectivity index (χ1n) is 8.50. The Hall–Kier alpha value is -2.66. The van der Waals surface area contributed by atoms with Gasteiger partial charge in [0.15, 0.2) is 11.5 Å². The van der Waals surface area contributed by atoms with Crippen LogP contribution in [0.25, 0.3) is 10.9 Å². The molecule has 0 aliphatic heterocycles. The van der Waals surface area contributed by atoms with Crippen LogP contribution in [0.5, 0.6) is 17.2 Å². The van der Waals surface area contributed by atoms with E-state index in [2.05, 4.69) is 22.6 Å². The van der Waals surface area contributed by atoms with Crippen molar-refractivity contribution >= 4 is 10.9 Å². The summed E-state index contributed by atoms with van der Waals surface area (Å²) in [6.07, 6.45) is 2.98. The quantitative estimate of drug-likeness (QED) is 0.548. The molecule has 5 nitrogen and oxygen atoms in total. The van der Waals surface area contributed by atoms with E-state index in [0.29, 0.717) is 12.4 Å². The number of phenols is 1. The van der Waals surface area contributed by atoms with Crippen molar-refractivity contribution in [2.45, 2.75) is 19.9 Å². The highest BCUT2D eigenvalue weighted by molar-refractivity contribution is 5.84. The van der Waals surface area contributed by atoms with Crippen LogP contribution in [0.1, 0.15) is 18.1 Å². The van der Waals surface area contributed by atoms with Crippen LogP contribution >= 0.6 is 0 Å². The molecule has 1 heterocycles. The number of H-pyrrole nitrogens is 1. The predicted molar refractivity (Wildman–Crippen MR) is 99.5 cm³/mol. The maximum atomic E-state index is 9.75. The molecule has 1 aromatic heterocycles. The summed E-state index contributed by atoms with van der Waals surface area (Å²) in [5.41, 5.74) is 3.47. The standard InChI is InChI=1S/C20H24N2O3/c1-3-25-20-10-14(4-7-19(20)23)12-21-9-8-15-13-22-18-6-5-16(24-2)11-17(15)18/h4-7,10-11,13,21-23H,3,8-9,12H2,1-2H3. The summed E-state index contributed by atoms with van der Waals surface area (Å²) in [4.78, 5) is 3.30. The third-order valence-electron chi connectivity index (χ3n) is 4.20. The van der Waals surface area contributed by atoms with Crippen LogP contribution in [0.4, 0.5) is 0 Å². The second-order valence-corrected chi connectivity index (χ2v) is 5.89. The lowest BCUT2D eigenvalue weighted by molar-refractivity contribution is 0.317. The van der Waals surface area contributed by atoms with Crippen LogP contribution in [0.2, 0.25) is 0 Å². The molecule has 0 saturated heterocycles. The number of ether oxygens (including phenoxy) is 2. The largest absolute Gasteiger partial charge is 0.504 e. The van der Waals surface area contributed by atoms with E-state index in [1.807, 2.05) is 31.2 Å². The van der Waals surface area contributed by atoms with Crippen molar-refractivity contribution in [2.24, 2.45) is 0 Å². The van der Waals surface area contributed by atoms with Crippen LogP contribution in [-0.2, 0) is 13.0 Å². The summed E-state index contributed by atoms with van der Waals surface area (Å²) in [7, 11) is 1.68. The van der Waals surface area contributed by atoms with Gasteiger partial charge in [0.05, 0.1) is 13.7 Å². The highest BCUT2D eigenvalue weighted by atomic mass is 16.5. The Morgan fingerprint density at radius 1 is 1.16 bits per heavy atom. The van der Waals surface area contributed by atoms with E-state index in [1.54, 1.807) is 13.2 Å². The molecule has 132 valence electrons. The fourth-order valence-corrected chi connectivity index (χ4v) is 2.89. The Labute approximate surface area is 147 Å². The lowest BCUT2D eigenvalue weighted by atomic mass is 10.1. The van der Waals surface area contributed by atoms with E-state index in [1.165, 1.54) is 10.9 Å². The Kier molecular flexibility index (Phi) is 5.46. The van der Waals surface area contributed by atoms with Gasteiger partial charge in [0.2, 0.25) is 0 Å². The third-order valence-corrected chi connectivity index (χ3v) is 4.20. The molecular weight excluding hydrogens is 316 g/mol. The van der Waals surface area contributed by atoms with Gasteiger partial charge < -0.3 is 24.9 Å². The van der Waals surface area contributed by atoms with Crippen molar-refractivity contribution in [1.29, 1.82) is 0 Å². The highest BCUT2D eigenvalue weighted by Gasteiger charge is 2.06. The molecule has 0 bridgehead atoms. The van der Waals surface area contributed by atoms with Crippen LogP contribution in [0.3, 0.4) is 0 Å². The molecule has 25 heavy (non-hydrogen) atoms. The van der Waals surface area contributed by atoms with E-state index < -0.39 is 0 Å². The molecule has 3 rings (SSSR count). The second kappa shape index (κ2) is 7.94. The van der Waals surface area contributed by atoms with E-state index in [4.69, 9.17) is 9.47 Å². The number of aromatic nitrogens is 1. The predicted octanol–water partition coefficient (Wildman–Crippen LogP) is 3.61. The average molecular weight is 340 g/mol. The number of benzene rings is 2. The SMILES string of the molecule is CCOc1cc(CNCCc2c[nH]c3ccc(OC)cc23)ccc1O. The zero-order valence-corrected chi connectivity index (χ0v) is 14.6. The molecule has 0 aliphatic carbocycles. The maximum Gasteiger partial charge on any atom is 0.161 e. The first-order valence-corrected chi connectivity index (χ1v) is 8.50. The van der Waals surface area contributed by atoms with Gasteiger partial charge in [-0.1, -0.05) is 6.07 Å². The zero-order chi connectivity index (χ0) is 17.6. The van der Waals surface area contributed by atoms with Crippen molar-refractivity contribution in [3.63, 3.8) is 0 Å². The number of methoxy groups -OCH3 is 1. The third kappa shape index (κ3) is 4.06. The van der Waals surface area contributed by atoms with Gasteiger partial charge in [0, 0.05) is 23.6 Å². The summed E-state index contributed by atoms with van der Waals surface area (Å²) in [5, 5.41) is 14.4. The van der Waals surface area contributed by atoms with Crippen LogP contribution in [0.15, 0.2) is 42.6 Å². The summed E-state index contributed by atoms with van der Waals surface area (Å²) < 4.78 is 10.7. The Balaban J connectivity index is 1.57. The molecule has 0 spiro atoms. The molecule has 0 aliphatic rings. The van der Waals surface area contributed by atoms with Gasteiger partial charge in [-0.25, -0.2) is 0 Å². The number of nitrogens with one attached hydrogen (secondary N) is 2. The Morgan fingerprint density at radius 2 is 2.04 bits per heavy atom. The van der Waals surface area contributed by atoms with Gasteiger partial charge in [0.25, 0.3) is 0 Å². The number of aromatic amines is 1. The topological polar surface area (TPSA) is 66.5 Å². The monoisotopic (exact) mass is 340 g/mol. The zero-order valence-electron chi connectivity index (χ0n) is 14.6. The Bertz CT molecular complexity index is 842. The second-order valence-electron chi connectivity index (χ2n) is 5.89. The molecular formula is C20H24N2O3. The Morgan fingerprint density at radius 3 is 2.84 bits per heavy atom. The molecule has 0 atom stereocenters. The number of hydrogen-bond acceptors (Lipinski definition) is 4. The molecule has 3 N–H and O–H groups in total. The van der Waals surface area contributed by atoms with Gasteiger partial charge in [-0.3, -0.25) is 0 Å². The van der Waals surface area contributed by atoms with Crippen molar-refractivity contribution < 1.29 is 14.6 Å². The van der Waals surface area contributed by atoms with Crippen LogP contribution in [0, 0.1) is 0 Å². The van der Waals surface area contributed by atoms with Crippen molar-refractivity contribution in [3.05, 3.63) is 53.7 Å². The summed E-state index contributed by atoms with van der Waals surface area (Å²) in [6, 6.07) is 11.5. The smallest absolute Gasteiger partial charge is 0.161 e. The minimum atomic E-state index is 0.179.